The molecule has 1 aromatic heterocycles. The van der Waals surface area contributed by atoms with Crippen molar-refractivity contribution in [3.05, 3.63) is 70.1 Å². The fourth-order valence-corrected chi connectivity index (χ4v) is 3.56. The number of hydrogen-bond acceptors (Lipinski definition) is 3. The van der Waals surface area contributed by atoms with E-state index in [0.29, 0.717) is 11.3 Å². The summed E-state index contributed by atoms with van der Waals surface area (Å²) in [5, 5.41) is 8.24. The van der Waals surface area contributed by atoms with Gasteiger partial charge in [-0.1, -0.05) is 60.1 Å². The second-order valence-corrected chi connectivity index (χ2v) is 6.18. The van der Waals surface area contributed by atoms with Crippen molar-refractivity contribution in [2.75, 3.05) is 7.11 Å². The number of rotatable bonds is 2. The Morgan fingerprint density at radius 2 is 1.52 bits per heavy atom. The maximum Gasteiger partial charge on any atom is 0.278 e. The van der Waals surface area contributed by atoms with Crippen molar-refractivity contribution >= 4 is 33.1 Å². The molecule has 1 heterocycles. The normalized spacial score (nSPS) is 11.2. The minimum atomic E-state index is -0.247. The van der Waals surface area contributed by atoms with E-state index in [0.717, 1.165) is 27.1 Å². The number of ether oxygens (including phenoxy) is 1. The third kappa shape index (κ3) is 2.37. The summed E-state index contributed by atoms with van der Waals surface area (Å²) in [4.78, 5) is 13.0. The molecule has 4 nitrogen and oxygen atoms in total. The molecule has 0 saturated carbocycles. The molecule has 4 rings (SSSR count). The Hall–Kier alpha value is -2.85. The van der Waals surface area contributed by atoms with Gasteiger partial charge in [-0.15, -0.1) is 0 Å². The minimum absolute atomic E-state index is 0.164. The zero-order chi connectivity index (χ0) is 17.6. The number of benzene rings is 3. The first kappa shape index (κ1) is 15.7. The average molecular weight is 351 g/mol. The molecule has 0 amide bonds. The van der Waals surface area contributed by atoms with Crippen LogP contribution in [0.15, 0.2) is 59.4 Å². The van der Waals surface area contributed by atoms with Crippen molar-refractivity contribution in [2.24, 2.45) is 7.05 Å². The van der Waals surface area contributed by atoms with Crippen LogP contribution in [0.25, 0.3) is 32.7 Å². The second kappa shape index (κ2) is 5.90. The summed E-state index contributed by atoms with van der Waals surface area (Å²) in [7, 11) is 3.09. The maximum atomic E-state index is 13.0. The van der Waals surface area contributed by atoms with Gasteiger partial charge in [0.15, 0.2) is 10.9 Å². The molecular formula is C20H15ClN2O2. The summed E-state index contributed by atoms with van der Waals surface area (Å²) in [6, 6.07) is 18.1. The number of aryl methyl sites for hydroxylation is 1. The predicted molar refractivity (Wildman–Crippen MR) is 101 cm³/mol. The lowest BCUT2D eigenvalue weighted by molar-refractivity contribution is 0.410. The Kier molecular flexibility index (Phi) is 3.70. The van der Waals surface area contributed by atoms with Gasteiger partial charge in [0, 0.05) is 12.6 Å². The minimum Gasteiger partial charge on any atom is -0.493 e. The van der Waals surface area contributed by atoms with E-state index >= 15 is 0 Å². The quantitative estimate of drug-likeness (QED) is 0.503. The van der Waals surface area contributed by atoms with E-state index in [1.807, 2.05) is 48.5 Å². The molecule has 25 heavy (non-hydrogen) atoms. The molecule has 0 unspecified atom stereocenters. The Labute approximate surface area is 149 Å². The fraction of sp³-hybridized carbons (Fsp3) is 0.100. The van der Waals surface area contributed by atoms with Gasteiger partial charge in [-0.2, -0.15) is 5.10 Å². The molecule has 0 aliphatic heterocycles. The molecule has 0 saturated heterocycles. The van der Waals surface area contributed by atoms with Crippen LogP contribution in [0.5, 0.6) is 5.75 Å². The molecule has 0 N–H and O–H groups in total. The first-order chi connectivity index (χ1) is 12.1. The number of halogens is 1. The molecule has 0 spiro atoms. The lowest BCUT2D eigenvalue weighted by Crippen LogP contribution is -2.22. The third-order valence-electron chi connectivity index (χ3n) is 4.39. The monoisotopic (exact) mass is 350 g/mol. The van der Waals surface area contributed by atoms with E-state index in [4.69, 9.17) is 16.3 Å². The second-order valence-electron chi connectivity index (χ2n) is 5.82. The molecule has 0 radical (unpaired) electrons. The van der Waals surface area contributed by atoms with Crippen molar-refractivity contribution in [2.45, 2.75) is 0 Å². The Bertz CT molecular complexity index is 1130. The summed E-state index contributed by atoms with van der Waals surface area (Å²) in [6.07, 6.45) is 0. The Morgan fingerprint density at radius 1 is 0.960 bits per heavy atom. The zero-order valence-corrected chi connectivity index (χ0v) is 14.5. The topological polar surface area (TPSA) is 44.1 Å². The van der Waals surface area contributed by atoms with Gasteiger partial charge in [0.05, 0.1) is 12.7 Å². The number of hydrogen-bond donors (Lipinski definition) is 0. The Morgan fingerprint density at radius 3 is 2.08 bits per heavy atom. The largest absolute Gasteiger partial charge is 0.493 e. The lowest BCUT2D eigenvalue weighted by atomic mass is 9.92. The number of nitrogens with zero attached hydrogens (tertiary/aromatic N) is 2. The van der Waals surface area contributed by atoms with Crippen LogP contribution in [0.4, 0.5) is 0 Å². The standard InChI is InChI=1S/C20H15ClN2O2/c1-23-20(24)17(18(25-2)19(21)22-23)16-14-9-5-3-7-12(14)11-13-8-4-6-10-15(13)16/h3-11H,1-2H3. The number of fused-ring (bicyclic) bond motifs is 2. The fourth-order valence-electron chi connectivity index (χ4n) is 3.27. The lowest BCUT2D eigenvalue weighted by Gasteiger charge is -2.15. The van der Waals surface area contributed by atoms with Crippen LogP contribution in [-0.4, -0.2) is 16.9 Å². The van der Waals surface area contributed by atoms with Gasteiger partial charge in [0.2, 0.25) is 0 Å². The van der Waals surface area contributed by atoms with Gasteiger partial charge < -0.3 is 4.74 Å². The maximum absolute atomic E-state index is 13.0. The van der Waals surface area contributed by atoms with Crippen LogP contribution in [0.2, 0.25) is 5.15 Å². The highest BCUT2D eigenvalue weighted by molar-refractivity contribution is 6.31. The van der Waals surface area contributed by atoms with Gasteiger partial charge in [-0.05, 0) is 27.6 Å². The van der Waals surface area contributed by atoms with E-state index < -0.39 is 0 Å². The van der Waals surface area contributed by atoms with E-state index in [-0.39, 0.29) is 10.7 Å². The van der Waals surface area contributed by atoms with Crippen molar-refractivity contribution in [1.29, 1.82) is 0 Å². The van der Waals surface area contributed by atoms with Gasteiger partial charge in [-0.25, -0.2) is 4.68 Å². The van der Waals surface area contributed by atoms with Gasteiger partial charge in [0.1, 0.15) is 0 Å². The van der Waals surface area contributed by atoms with Crippen LogP contribution in [0.1, 0.15) is 0 Å². The van der Waals surface area contributed by atoms with Crippen LogP contribution >= 0.6 is 11.6 Å². The van der Waals surface area contributed by atoms with Crippen molar-refractivity contribution in [1.82, 2.24) is 9.78 Å². The average Bonchev–Trinajstić information content (AvgIpc) is 2.63. The molecule has 0 atom stereocenters. The summed E-state index contributed by atoms with van der Waals surface area (Å²) in [5.41, 5.74) is 0.996. The van der Waals surface area contributed by atoms with Crippen LogP contribution in [0, 0.1) is 0 Å². The summed E-state index contributed by atoms with van der Waals surface area (Å²) in [5.74, 6) is 0.297. The smallest absolute Gasteiger partial charge is 0.278 e. The third-order valence-corrected chi connectivity index (χ3v) is 4.63. The summed E-state index contributed by atoms with van der Waals surface area (Å²) in [6.45, 7) is 0. The van der Waals surface area contributed by atoms with Crippen LogP contribution in [-0.2, 0) is 7.05 Å². The highest BCUT2D eigenvalue weighted by Crippen LogP contribution is 2.40. The van der Waals surface area contributed by atoms with E-state index in [9.17, 15) is 4.79 Å². The summed E-state index contributed by atoms with van der Waals surface area (Å²) < 4.78 is 6.70. The molecule has 4 aromatic rings. The van der Waals surface area contributed by atoms with Gasteiger partial charge in [0.25, 0.3) is 5.56 Å². The van der Waals surface area contributed by atoms with Gasteiger partial charge >= 0.3 is 0 Å². The zero-order valence-electron chi connectivity index (χ0n) is 13.8. The van der Waals surface area contributed by atoms with E-state index in [1.165, 1.54) is 11.8 Å². The van der Waals surface area contributed by atoms with E-state index in [2.05, 4.69) is 11.2 Å². The van der Waals surface area contributed by atoms with Gasteiger partial charge in [-0.3, -0.25) is 4.79 Å². The highest BCUT2D eigenvalue weighted by atomic mass is 35.5. The SMILES string of the molecule is COc1c(Cl)nn(C)c(=O)c1-c1c2ccccc2cc2ccccc12. The van der Waals surface area contributed by atoms with Crippen LogP contribution in [0.3, 0.4) is 0 Å². The molecule has 0 aliphatic rings. The first-order valence-electron chi connectivity index (χ1n) is 7.83. The van der Waals surface area contributed by atoms with Crippen molar-refractivity contribution in [3.8, 4) is 16.9 Å². The molecule has 5 heteroatoms. The Balaban J connectivity index is 2.30. The molecule has 3 aromatic carbocycles. The molecular weight excluding hydrogens is 336 g/mol. The predicted octanol–water partition coefficient (Wildman–Crippen LogP) is 4.42. The first-order valence-corrected chi connectivity index (χ1v) is 8.21. The molecule has 0 bridgehead atoms. The molecule has 124 valence electrons. The number of methoxy groups -OCH3 is 1. The summed E-state index contributed by atoms with van der Waals surface area (Å²) >= 11 is 6.26. The van der Waals surface area contributed by atoms with Crippen LogP contribution < -0.4 is 10.3 Å². The molecule has 0 aliphatic carbocycles. The van der Waals surface area contributed by atoms with Crippen molar-refractivity contribution in [3.63, 3.8) is 0 Å². The molecule has 0 fully saturated rings. The highest BCUT2D eigenvalue weighted by Gasteiger charge is 2.21. The van der Waals surface area contributed by atoms with Crippen molar-refractivity contribution < 1.29 is 4.74 Å². The van der Waals surface area contributed by atoms with E-state index in [1.54, 1.807) is 7.05 Å². The number of aromatic nitrogens is 2.